The molecule has 0 aromatic carbocycles. The van der Waals surface area contributed by atoms with Gasteiger partial charge >= 0.3 is 5.97 Å². The Hall–Kier alpha value is -1.66. The largest absolute Gasteiger partial charge is 0.481 e. The van der Waals surface area contributed by atoms with Crippen molar-refractivity contribution in [3.05, 3.63) is 29.0 Å². The Bertz CT molecular complexity index is 677. The van der Waals surface area contributed by atoms with Crippen molar-refractivity contribution in [1.29, 1.82) is 0 Å². The number of anilines is 1. The maximum atomic E-state index is 12.6. The molecule has 3 rings (SSSR count). The molecule has 2 atom stereocenters. The van der Waals surface area contributed by atoms with Gasteiger partial charge in [-0.3, -0.25) is 9.59 Å². The van der Waals surface area contributed by atoms with Gasteiger partial charge in [0.25, 0.3) is 0 Å². The van der Waals surface area contributed by atoms with E-state index in [4.69, 9.17) is 0 Å². The first kappa shape index (κ1) is 15.2. The third-order valence-electron chi connectivity index (χ3n) is 4.20. The summed E-state index contributed by atoms with van der Waals surface area (Å²) in [5.74, 6) is -1.86. The number of carboxylic acid groups (broad SMARTS) is 1. The Morgan fingerprint density at radius 2 is 2.05 bits per heavy atom. The number of carbonyl (C=O) groups is 2. The Morgan fingerprint density at radius 3 is 2.73 bits per heavy atom. The predicted octanol–water partition coefficient (Wildman–Crippen LogP) is 3.94. The second-order valence-corrected chi connectivity index (χ2v) is 7.37. The van der Waals surface area contributed by atoms with Crippen LogP contribution in [-0.2, 0) is 9.59 Å². The molecule has 1 amide bonds. The molecule has 116 valence electrons. The van der Waals surface area contributed by atoms with Crippen LogP contribution in [0.15, 0.2) is 29.0 Å². The molecule has 0 radical (unpaired) electrons. The van der Waals surface area contributed by atoms with Crippen molar-refractivity contribution in [1.82, 2.24) is 0 Å². The molecule has 22 heavy (non-hydrogen) atoms. The van der Waals surface area contributed by atoms with Crippen LogP contribution in [0.3, 0.4) is 0 Å². The maximum Gasteiger partial charge on any atom is 0.307 e. The van der Waals surface area contributed by atoms with Crippen molar-refractivity contribution in [2.24, 2.45) is 11.8 Å². The van der Waals surface area contributed by atoms with Gasteiger partial charge in [-0.05, 0) is 30.4 Å². The van der Waals surface area contributed by atoms with E-state index in [-0.39, 0.29) is 5.91 Å². The number of rotatable bonds is 4. The molecule has 1 N–H and O–H groups in total. The van der Waals surface area contributed by atoms with Crippen LogP contribution in [0.5, 0.6) is 0 Å². The van der Waals surface area contributed by atoms with E-state index in [1.165, 1.54) is 16.2 Å². The fourth-order valence-corrected chi connectivity index (χ4v) is 4.66. The van der Waals surface area contributed by atoms with Crippen molar-refractivity contribution >= 4 is 39.6 Å². The fourth-order valence-electron chi connectivity index (χ4n) is 2.98. The summed E-state index contributed by atoms with van der Waals surface area (Å²) in [6.45, 7) is 0. The highest BCUT2D eigenvalue weighted by Gasteiger charge is 2.39. The van der Waals surface area contributed by atoms with Crippen molar-refractivity contribution in [3.8, 4) is 10.4 Å². The van der Waals surface area contributed by atoms with Crippen LogP contribution in [0.25, 0.3) is 10.4 Å². The highest BCUT2D eigenvalue weighted by Crippen LogP contribution is 2.37. The number of carbonyl (C=O) groups excluding carboxylic acids is 1. The summed E-state index contributed by atoms with van der Waals surface area (Å²) in [4.78, 5) is 26.7. The lowest BCUT2D eigenvalue weighted by Crippen LogP contribution is -2.36. The van der Waals surface area contributed by atoms with Gasteiger partial charge in [0, 0.05) is 22.9 Å². The zero-order valence-electron chi connectivity index (χ0n) is 12.2. The van der Waals surface area contributed by atoms with Crippen LogP contribution < -0.4 is 4.90 Å². The normalized spacial score (nSPS) is 21.0. The molecule has 2 unspecified atom stereocenters. The molecule has 0 spiro atoms. The minimum Gasteiger partial charge on any atom is -0.481 e. The van der Waals surface area contributed by atoms with E-state index >= 15 is 0 Å². The first-order chi connectivity index (χ1) is 10.6. The Labute approximate surface area is 137 Å². The average molecular weight is 335 g/mol. The van der Waals surface area contributed by atoms with E-state index in [0.717, 1.165) is 17.0 Å². The second kappa shape index (κ2) is 6.22. The average Bonchev–Trinajstić information content (AvgIpc) is 3.24. The third kappa shape index (κ3) is 2.80. The third-order valence-corrected chi connectivity index (χ3v) is 6.13. The molecule has 0 bridgehead atoms. The monoisotopic (exact) mass is 335 g/mol. The number of thiophene rings is 2. The SMILES string of the molecule is CN(C(=O)C1CCCC1C(=O)O)c1cc(-c2cccs2)cs1. The first-order valence-electron chi connectivity index (χ1n) is 7.20. The number of hydrogen-bond acceptors (Lipinski definition) is 4. The minimum absolute atomic E-state index is 0.0792. The van der Waals surface area contributed by atoms with E-state index in [0.29, 0.717) is 12.8 Å². The molecule has 0 aliphatic heterocycles. The van der Waals surface area contributed by atoms with Gasteiger partial charge in [-0.2, -0.15) is 0 Å². The van der Waals surface area contributed by atoms with Crippen molar-refractivity contribution in [2.75, 3.05) is 11.9 Å². The summed E-state index contributed by atoms with van der Waals surface area (Å²) in [7, 11) is 1.74. The zero-order chi connectivity index (χ0) is 15.7. The number of nitrogens with zero attached hydrogens (tertiary/aromatic N) is 1. The van der Waals surface area contributed by atoms with Crippen LogP contribution in [0, 0.1) is 11.8 Å². The van der Waals surface area contributed by atoms with Crippen LogP contribution in [-0.4, -0.2) is 24.0 Å². The van der Waals surface area contributed by atoms with Gasteiger partial charge in [0.2, 0.25) is 5.91 Å². The van der Waals surface area contributed by atoms with Gasteiger partial charge in [-0.1, -0.05) is 12.5 Å². The molecule has 2 aromatic heterocycles. The lowest BCUT2D eigenvalue weighted by molar-refractivity contribution is -0.145. The fraction of sp³-hybridized carbons (Fsp3) is 0.375. The van der Waals surface area contributed by atoms with Crippen molar-refractivity contribution in [2.45, 2.75) is 19.3 Å². The highest BCUT2D eigenvalue weighted by atomic mass is 32.1. The van der Waals surface area contributed by atoms with Gasteiger partial charge in [0.15, 0.2) is 0 Å². The number of carboxylic acids is 1. The number of hydrogen-bond donors (Lipinski definition) is 1. The summed E-state index contributed by atoms with van der Waals surface area (Å²) >= 11 is 3.18. The Balaban J connectivity index is 1.77. The highest BCUT2D eigenvalue weighted by molar-refractivity contribution is 7.16. The topological polar surface area (TPSA) is 57.6 Å². The van der Waals surface area contributed by atoms with Crippen LogP contribution in [0.4, 0.5) is 5.00 Å². The number of aliphatic carboxylic acids is 1. The van der Waals surface area contributed by atoms with E-state index in [9.17, 15) is 14.7 Å². The van der Waals surface area contributed by atoms with Gasteiger partial charge in [0.1, 0.15) is 0 Å². The molecule has 1 fully saturated rings. The van der Waals surface area contributed by atoms with Gasteiger partial charge in [0.05, 0.1) is 16.8 Å². The van der Waals surface area contributed by atoms with Gasteiger partial charge in [-0.25, -0.2) is 0 Å². The summed E-state index contributed by atoms with van der Waals surface area (Å²) in [6, 6.07) is 6.05. The lowest BCUT2D eigenvalue weighted by atomic mass is 9.95. The van der Waals surface area contributed by atoms with Crippen LogP contribution in [0.1, 0.15) is 19.3 Å². The summed E-state index contributed by atoms with van der Waals surface area (Å²) in [5.41, 5.74) is 1.11. The Morgan fingerprint density at radius 1 is 1.27 bits per heavy atom. The van der Waals surface area contributed by atoms with Crippen molar-refractivity contribution < 1.29 is 14.7 Å². The molecule has 1 aliphatic rings. The van der Waals surface area contributed by atoms with E-state index in [2.05, 4.69) is 6.07 Å². The van der Waals surface area contributed by atoms with E-state index < -0.39 is 17.8 Å². The second-order valence-electron chi connectivity index (χ2n) is 5.53. The molecular weight excluding hydrogens is 318 g/mol. The lowest BCUT2D eigenvalue weighted by Gasteiger charge is -2.22. The van der Waals surface area contributed by atoms with E-state index in [1.807, 2.05) is 22.9 Å². The molecule has 6 heteroatoms. The molecule has 0 saturated heterocycles. The summed E-state index contributed by atoms with van der Waals surface area (Å²) in [6.07, 6.45) is 2.08. The van der Waals surface area contributed by atoms with Gasteiger partial charge < -0.3 is 10.0 Å². The van der Waals surface area contributed by atoms with Crippen LogP contribution in [0.2, 0.25) is 0 Å². The quantitative estimate of drug-likeness (QED) is 0.920. The predicted molar refractivity (Wildman–Crippen MR) is 89.5 cm³/mol. The molecule has 1 aliphatic carbocycles. The zero-order valence-corrected chi connectivity index (χ0v) is 13.8. The maximum absolute atomic E-state index is 12.6. The molecule has 2 aromatic rings. The van der Waals surface area contributed by atoms with Crippen LogP contribution >= 0.6 is 22.7 Å². The van der Waals surface area contributed by atoms with Gasteiger partial charge in [-0.15, -0.1) is 22.7 Å². The standard InChI is InChI=1S/C16H17NO3S2/c1-17(15(18)11-4-2-5-12(11)16(19)20)14-8-10(9-22-14)13-6-3-7-21-13/h3,6-9,11-12H,2,4-5H2,1H3,(H,19,20). The molecule has 1 saturated carbocycles. The number of amides is 1. The molecular formula is C16H17NO3S2. The molecule has 2 heterocycles. The first-order valence-corrected chi connectivity index (χ1v) is 8.96. The summed E-state index contributed by atoms with van der Waals surface area (Å²) < 4.78 is 0. The smallest absolute Gasteiger partial charge is 0.307 e. The summed E-state index contributed by atoms with van der Waals surface area (Å²) in [5, 5.41) is 14.2. The van der Waals surface area contributed by atoms with E-state index in [1.54, 1.807) is 23.3 Å². The minimum atomic E-state index is -0.852. The Kier molecular flexibility index (Phi) is 4.31. The van der Waals surface area contributed by atoms with Crippen molar-refractivity contribution in [3.63, 3.8) is 0 Å². The molecule has 4 nitrogen and oxygen atoms in total.